The zero-order valence-electron chi connectivity index (χ0n) is 9.82. The van der Waals surface area contributed by atoms with Crippen molar-refractivity contribution in [2.75, 3.05) is 0 Å². The van der Waals surface area contributed by atoms with Crippen molar-refractivity contribution in [1.82, 2.24) is 0 Å². The molecule has 0 aliphatic rings. The Morgan fingerprint density at radius 1 is 0.842 bits per heavy atom. The van der Waals surface area contributed by atoms with Crippen LogP contribution in [0.25, 0.3) is 0 Å². The first-order valence-corrected chi connectivity index (χ1v) is 4.99. The molecule has 0 amide bonds. The van der Waals surface area contributed by atoms with E-state index >= 15 is 0 Å². The standard InChI is InChI=1S/C11H10F6O2/c1-5-3-7(8(18)4-6(5)2)9(19,10(12,13)14)11(15,16)17/h3-4,18-19H,1-2H3. The minimum absolute atomic E-state index is 0.0831. The van der Waals surface area contributed by atoms with E-state index in [9.17, 15) is 31.4 Å². The molecule has 0 aliphatic heterocycles. The second-order valence-electron chi connectivity index (χ2n) is 4.16. The van der Waals surface area contributed by atoms with Crippen LogP contribution in [0.4, 0.5) is 26.3 Å². The fourth-order valence-corrected chi connectivity index (χ4v) is 1.56. The quantitative estimate of drug-likeness (QED) is 0.778. The topological polar surface area (TPSA) is 40.5 Å². The molecule has 108 valence electrons. The first kappa shape index (κ1) is 15.6. The summed E-state index contributed by atoms with van der Waals surface area (Å²) in [6.07, 6.45) is -12.0. The van der Waals surface area contributed by atoms with Gasteiger partial charge in [-0.15, -0.1) is 0 Å². The molecule has 0 saturated carbocycles. The van der Waals surface area contributed by atoms with Crippen LogP contribution in [0.2, 0.25) is 0 Å². The van der Waals surface area contributed by atoms with E-state index in [1.807, 2.05) is 0 Å². The van der Waals surface area contributed by atoms with Crippen LogP contribution in [0.3, 0.4) is 0 Å². The van der Waals surface area contributed by atoms with Gasteiger partial charge >= 0.3 is 12.4 Å². The molecular weight excluding hydrogens is 278 g/mol. The lowest BCUT2D eigenvalue weighted by Crippen LogP contribution is -2.54. The summed E-state index contributed by atoms with van der Waals surface area (Å²) in [7, 11) is 0. The van der Waals surface area contributed by atoms with Gasteiger partial charge in [-0.05, 0) is 37.1 Å². The summed E-state index contributed by atoms with van der Waals surface area (Å²) in [6, 6.07) is 1.22. The summed E-state index contributed by atoms with van der Waals surface area (Å²) in [5.41, 5.74) is -6.36. The number of alkyl halides is 6. The number of phenols is 1. The Balaban J connectivity index is 3.66. The molecule has 1 rings (SSSR count). The minimum atomic E-state index is -6.01. The Morgan fingerprint density at radius 3 is 1.58 bits per heavy atom. The Kier molecular flexibility index (Phi) is 3.53. The van der Waals surface area contributed by atoms with Crippen molar-refractivity contribution in [1.29, 1.82) is 0 Å². The van der Waals surface area contributed by atoms with E-state index in [4.69, 9.17) is 5.11 Å². The summed E-state index contributed by atoms with van der Waals surface area (Å²) < 4.78 is 75.7. The van der Waals surface area contributed by atoms with Gasteiger partial charge in [-0.2, -0.15) is 26.3 Å². The van der Waals surface area contributed by atoms with Gasteiger partial charge in [0.1, 0.15) is 5.75 Å². The summed E-state index contributed by atoms with van der Waals surface area (Å²) in [4.78, 5) is 0. The highest BCUT2D eigenvalue weighted by atomic mass is 19.4. The predicted octanol–water partition coefficient (Wildman–Crippen LogP) is 3.32. The number of aromatic hydroxyl groups is 1. The van der Waals surface area contributed by atoms with Crippen LogP contribution in [0, 0.1) is 13.8 Å². The summed E-state index contributed by atoms with van der Waals surface area (Å²) in [5.74, 6) is -1.26. The van der Waals surface area contributed by atoms with Crippen molar-refractivity contribution in [3.63, 3.8) is 0 Å². The van der Waals surface area contributed by atoms with Crippen LogP contribution in [0.15, 0.2) is 12.1 Å². The molecular formula is C11H10F6O2. The fourth-order valence-electron chi connectivity index (χ4n) is 1.56. The molecule has 8 heteroatoms. The van der Waals surface area contributed by atoms with Gasteiger partial charge < -0.3 is 10.2 Å². The molecule has 0 atom stereocenters. The van der Waals surface area contributed by atoms with Crippen molar-refractivity contribution in [3.05, 3.63) is 28.8 Å². The largest absolute Gasteiger partial charge is 0.508 e. The minimum Gasteiger partial charge on any atom is -0.508 e. The van der Waals surface area contributed by atoms with Crippen molar-refractivity contribution in [3.8, 4) is 5.75 Å². The SMILES string of the molecule is Cc1cc(O)c(C(O)(C(F)(F)F)C(F)(F)F)cc1C. The van der Waals surface area contributed by atoms with Crippen LogP contribution >= 0.6 is 0 Å². The highest BCUT2D eigenvalue weighted by molar-refractivity contribution is 5.45. The molecule has 0 unspecified atom stereocenters. The summed E-state index contributed by atoms with van der Waals surface area (Å²) in [6.45, 7) is 2.67. The average Bonchev–Trinajstić information content (AvgIpc) is 2.19. The molecule has 0 heterocycles. The molecule has 19 heavy (non-hydrogen) atoms. The highest BCUT2D eigenvalue weighted by Gasteiger charge is 2.72. The monoisotopic (exact) mass is 288 g/mol. The van der Waals surface area contributed by atoms with Crippen LogP contribution in [-0.4, -0.2) is 22.6 Å². The van der Waals surface area contributed by atoms with E-state index in [0.717, 1.165) is 6.07 Å². The zero-order valence-corrected chi connectivity index (χ0v) is 9.82. The van der Waals surface area contributed by atoms with Crippen molar-refractivity contribution in [2.45, 2.75) is 31.8 Å². The Labute approximate surface area is 104 Å². The van der Waals surface area contributed by atoms with E-state index in [-0.39, 0.29) is 5.56 Å². The van der Waals surface area contributed by atoms with Crippen molar-refractivity contribution in [2.24, 2.45) is 0 Å². The number of halogens is 6. The smallest absolute Gasteiger partial charge is 0.430 e. The molecule has 0 radical (unpaired) electrons. The second-order valence-corrected chi connectivity index (χ2v) is 4.16. The van der Waals surface area contributed by atoms with E-state index in [2.05, 4.69) is 0 Å². The van der Waals surface area contributed by atoms with Crippen LogP contribution < -0.4 is 0 Å². The van der Waals surface area contributed by atoms with Crippen molar-refractivity contribution >= 4 is 0 Å². The van der Waals surface area contributed by atoms with Gasteiger partial charge in [0, 0.05) is 5.56 Å². The maximum Gasteiger partial charge on any atom is 0.430 e. The Morgan fingerprint density at radius 2 is 1.21 bits per heavy atom. The lowest BCUT2D eigenvalue weighted by Gasteiger charge is -2.33. The lowest BCUT2D eigenvalue weighted by molar-refractivity contribution is -0.376. The van der Waals surface area contributed by atoms with E-state index in [1.54, 1.807) is 0 Å². The number of hydrogen-bond acceptors (Lipinski definition) is 2. The Hall–Kier alpha value is -1.44. The number of aryl methyl sites for hydroxylation is 2. The summed E-state index contributed by atoms with van der Waals surface area (Å²) in [5, 5.41) is 18.5. The lowest BCUT2D eigenvalue weighted by atomic mass is 9.89. The fraction of sp³-hybridized carbons (Fsp3) is 0.455. The molecule has 2 nitrogen and oxygen atoms in total. The molecule has 2 N–H and O–H groups in total. The van der Waals surface area contributed by atoms with Gasteiger partial charge in [0.2, 0.25) is 0 Å². The molecule has 0 saturated heterocycles. The molecule has 0 bridgehead atoms. The third kappa shape index (κ3) is 2.36. The number of hydrogen-bond donors (Lipinski definition) is 2. The maximum atomic E-state index is 12.6. The van der Waals surface area contributed by atoms with Gasteiger partial charge in [0.15, 0.2) is 0 Å². The zero-order chi connectivity index (χ0) is 15.2. The van der Waals surface area contributed by atoms with Crippen LogP contribution in [-0.2, 0) is 5.60 Å². The highest BCUT2D eigenvalue weighted by Crippen LogP contribution is 2.52. The molecule has 1 aromatic rings. The van der Waals surface area contributed by atoms with E-state index < -0.39 is 29.3 Å². The van der Waals surface area contributed by atoms with Gasteiger partial charge in [0.25, 0.3) is 5.60 Å². The van der Waals surface area contributed by atoms with Gasteiger partial charge in [-0.3, -0.25) is 0 Å². The number of phenolic OH excluding ortho intramolecular Hbond substituents is 1. The number of benzene rings is 1. The number of aliphatic hydroxyl groups is 1. The maximum absolute atomic E-state index is 12.6. The third-order valence-corrected chi connectivity index (χ3v) is 2.82. The predicted molar refractivity (Wildman–Crippen MR) is 53.6 cm³/mol. The Bertz CT molecular complexity index is 475. The molecule has 0 fully saturated rings. The average molecular weight is 288 g/mol. The second kappa shape index (κ2) is 4.29. The molecule has 0 aromatic heterocycles. The van der Waals surface area contributed by atoms with E-state index in [1.165, 1.54) is 13.8 Å². The first-order valence-electron chi connectivity index (χ1n) is 4.99. The van der Waals surface area contributed by atoms with Gasteiger partial charge in [-0.25, -0.2) is 0 Å². The normalized spacial score (nSPS) is 13.7. The number of rotatable bonds is 1. The molecule has 0 aliphatic carbocycles. The first-order chi connectivity index (χ1) is 8.32. The van der Waals surface area contributed by atoms with Crippen LogP contribution in [0.1, 0.15) is 16.7 Å². The third-order valence-electron chi connectivity index (χ3n) is 2.82. The summed E-state index contributed by atoms with van der Waals surface area (Å²) >= 11 is 0. The molecule has 0 spiro atoms. The molecule has 1 aromatic carbocycles. The van der Waals surface area contributed by atoms with Crippen molar-refractivity contribution < 1.29 is 36.6 Å². The van der Waals surface area contributed by atoms with Gasteiger partial charge in [0.05, 0.1) is 0 Å². The van der Waals surface area contributed by atoms with Gasteiger partial charge in [-0.1, -0.05) is 0 Å². The van der Waals surface area contributed by atoms with Crippen LogP contribution in [0.5, 0.6) is 5.75 Å². The van der Waals surface area contributed by atoms with E-state index in [0.29, 0.717) is 11.6 Å².